The number of carbonyl (C=O) groups is 1. The highest BCUT2D eigenvalue weighted by atomic mass is 32.2. The molecule has 2 atom stereocenters. The van der Waals surface area contributed by atoms with Crippen LogP contribution in [0.4, 0.5) is 0 Å². The molecule has 3 rings (SSSR count). The van der Waals surface area contributed by atoms with Gasteiger partial charge in [0.1, 0.15) is 23.3 Å². The number of nitrogens with zero attached hydrogens (tertiary/aromatic N) is 4. The number of rotatable bonds is 12. The van der Waals surface area contributed by atoms with Gasteiger partial charge in [0, 0.05) is 45.8 Å². The van der Waals surface area contributed by atoms with Crippen molar-refractivity contribution in [3.8, 4) is 5.75 Å². The lowest BCUT2D eigenvalue weighted by Gasteiger charge is -2.43. The third-order valence-corrected chi connectivity index (χ3v) is 10.1. The van der Waals surface area contributed by atoms with Crippen LogP contribution in [0.5, 0.6) is 5.75 Å². The molecular formula is C29H50N4O4S. The zero-order valence-electron chi connectivity index (χ0n) is 24.7. The molecule has 0 aromatic heterocycles. The van der Waals surface area contributed by atoms with Gasteiger partial charge < -0.3 is 19.3 Å². The van der Waals surface area contributed by atoms with Crippen molar-refractivity contribution < 1.29 is 18.5 Å². The molecule has 2 aliphatic rings. The van der Waals surface area contributed by atoms with Gasteiger partial charge in [0.15, 0.2) is 0 Å². The summed E-state index contributed by atoms with van der Waals surface area (Å²) in [6.45, 7) is 8.01. The van der Waals surface area contributed by atoms with Crippen LogP contribution in [0.3, 0.4) is 0 Å². The topological polar surface area (TPSA) is 65.6 Å². The fraction of sp³-hybridized carbons (Fsp3) is 0.759. The third kappa shape index (κ3) is 8.49. The summed E-state index contributed by atoms with van der Waals surface area (Å²) < 4.78 is 25.8. The highest BCUT2D eigenvalue weighted by molar-refractivity contribution is 7.82. The summed E-state index contributed by atoms with van der Waals surface area (Å²) in [5.74, 6) is 1.35. The van der Waals surface area contributed by atoms with Gasteiger partial charge in [-0.2, -0.15) is 0 Å². The fourth-order valence-electron chi connectivity index (χ4n) is 5.92. The highest BCUT2D eigenvalue weighted by Crippen LogP contribution is 2.30. The van der Waals surface area contributed by atoms with Crippen LogP contribution in [-0.2, 0) is 20.5 Å². The first-order valence-corrected chi connectivity index (χ1v) is 15.2. The first kappa shape index (κ1) is 31.0. The second-order valence-electron chi connectivity index (χ2n) is 11.4. The fourth-order valence-corrected chi connectivity index (χ4v) is 7.14. The van der Waals surface area contributed by atoms with E-state index in [0.29, 0.717) is 31.2 Å². The molecule has 38 heavy (non-hydrogen) atoms. The second kappa shape index (κ2) is 14.7. The second-order valence-corrected chi connectivity index (χ2v) is 13.0. The molecule has 1 amide bonds. The van der Waals surface area contributed by atoms with Crippen molar-refractivity contribution in [1.29, 1.82) is 0 Å². The van der Waals surface area contributed by atoms with Crippen molar-refractivity contribution >= 4 is 16.9 Å². The van der Waals surface area contributed by atoms with Gasteiger partial charge in [0.2, 0.25) is 5.91 Å². The van der Waals surface area contributed by atoms with Crippen molar-refractivity contribution in [2.75, 3.05) is 74.7 Å². The Morgan fingerprint density at radius 2 is 1.71 bits per heavy atom. The quantitative estimate of drug-likeness (QED) is 0.372. The molecule has 0 radical (unpaired) electrons. The molecule has 1 aliphatic heterocycles. The Labute approximate surface area is 233 Å². The summed E-state index contributed by atoms with van der Waals surface area (Å²) in [4.78, 5) is 20.4. The molecule has 2 unspecified atom stereocenters. The van der Waals surface area contributed by atoms with E-state index in [0.717, 1.165) is 28.3 Å². The van der Waals surface area contributed by atoms with Gasteiger partial charge in [0.25, 0.3) is 0 Å². The summed E-state index contributed by atoms with van der Waals surface area (Å²) in [6.07, 6.45) is 7.45. The largest absolute Gasteiger partial charge is 0.497 e. The summed E-state index contributed by atoms with van der Waals surface area (Å²) >= 11 is 0. The Kier molecular flexibility index (Phi) is 12.0. The summed E-state index contributed by atoms with van der Waals surface area (Å²) in [5.41, 5.74) is 1.87. The van der Waals surface area contributed by atoms with Crippen LogP contribution in [0.2, 0.25) is 0 Å². The lowest BCUT2D eigenvalue weighted by atomic mass is 9.84. The maximum atomic E-state index is 13.1. The molecule has 1 saturated heterocycles. The van der Waals surface area contributed by atoms with Crippen LogP contribution < -0.4 is 4.74 Å². The Morgan fingerprint density at radius 3 is 2.32 bits per heavy atom. The van der Waals surface area contributed by atoms with E-state index in [1.165, 1.54) is 51.6 Å². The summed E-state index contributed by atoms with van der Waals surface area (Å²) in [7, 11) is 8.44. The standard InChI is InChI=1S/C29H50N4O4S/c1-22-17-27(36-7)18-23(2)29(22)38(35)32(6)15-16-37-21-28(34)31(5)19-24-10-12-25(13-11-24)33-14-8-9-26(20-33)30(3)4/h17-18,24-26H,8-16,19-21H2,1-7H3. The monoisotopic (exact) mass is 550 g/mol. The first-order valence-electron chi connectivity index (χ1n) is 14.1. The Hall–Kier alpha value is -1.52. The summed E-state index contributed by atoms with van der Waals surface area (Å²) in [5, 5.41) is 0. The minimum atomic E-state index is -1.30. The number of carbonyl (C=O) groups excluding carboxylic acids is 1. The van der Waals surface area contributed by atoms with E-state index in [9.17, 15) is 9.00 Å². The molecular weight excluding hydrogens is 500 g/mol. The molecule has 9 heteroatoms. The molecule has 1 aromatic rings. The van der Waals surface area contributed by atoms with E-state index < -0.39 is 11.0 Å². The molecule has 0 bridgehead atoms. The Morgan fingerprint density at radius 1 is 1.05 bits per heavy atom. The number of amides is 1. The molecule has 0 N–H and O–H groups in total. The maximum Gasteiger partial charge on any atom is 0.248 e. The van der Waals surface area contributed by atoms with E-state index in [1.54, 1.807) is 11.4 Å². The number of likely N-dealkylation sites (N-methyl/N-ethyl adjacent to an activating group) is 3. The average Bonchev–Trinajstić information content (AvgIpc) is 2.90. The van der Waals surface area contributed by atoms with Gasteiger partial charge >= 0.3 is 0 Å². The van der Waals surface area contributed by atoms with E-state index in [1.807, 2.05) is 45.0 Å². The molecule has 2 fully saturated rings. The Balaban J connectivity index is 1.35. The molecule has 8 nitrogen and oxygen atoms in total. The van der Waals surface area contributed by atoms with Crippen molar-refractivity contribution in [1.82, 2.24) is 19.0 Å². The van der Waals surface area contributed by atoms with Crippen LogP contribution in [0.15, 0.2) is 17.0 Å². The first-order chi connectivity index (χ1) is 18.1. The van der Waals surface area contributed by atoms with Gasteiger partial charge in [-0.25, -0.2) is 8.51 Å². The lowest BCUT2D eigenvalue weighted by molar-refractivity contribution is -0.135. The van der Waals surface area contributed by atoms with Gasteiger partial charge in [-0.3, -0.25) is 9.69 Å². The zero-order chi connectivity index (χ0) is 27.8. The molecule has 216 valence electrons. The molecule has 1 heterocycles. The van der Waals surface area contributed by atoms with Gasteiger partial charge in [-0.05, 0) is 102 Å². The number of hydrogen-bond acceptors (Lipinski definition) is 6. The van der Waals surface area contributed by atoms with Gasteiger partial charge in [-0.1, -0.05) is 0 Å². The lowest BCUT2D eigenvalue weighted by Crippen LogP contribution is -2.50. The molecule has 0 spiro atoms. The van der Waals surface area contributed by atoms with E-state index in [2.05, 4.69) is 23.9 Å². The SMILES string of the molecule is COc1cc(C)c(S(=O)N(C)CCOCC(=O)N(C)CC2CCC(N3CCCC(N(C)C)C3)CC2)c(C)c1. The van der Waals surface area contributed by atoms with Crippen LogP contribution in [0.25, 0.3) is 0 Å². The average molecular weight is 551 g/mol. The number of benzene rings is 1. The van der Waals surface area contributed by atoms with Crippen LogP contribution in [0.1, 0.15) is 49.7 Å². The minimum absolute atomic E-state index is 0.0163. The van der Waals surface area contributed by atoms with Crippen LogP contribution in [-0.4, -0.2) is 116 Å². The molecule has 1 saturated carbocycles. The van der Waals surface area contributed by atoms with Crippen LogP contribution >= 0.6 is 0 Å². The highest BCUT2D eigenvalue weighted by Gasteiger charge is 2.31. The van der Waals surface area contributed by atoms with Crippen molar-refractivity contribution in [3.05, 3.63) is 23.3 Å². The number of aryl methyl sites for hydroxylation is 2. The zero-order valence-corrected chi connectivity index (χ0v) is 25.5. The number of ether oxygens (including phenoxy) is 2. The van der Waals surface area contributed by atoms with Crippen molar-refractivity contribution in [3.63, 3.8) is 0 Å². The number of piperidine rings is 1. The number of likely N-dealkylation sites (tertiary alicyclic amines) is 1. The summed E-state index contributed by atoms with van der Waals surface area (Å²) in [6, 6.07) is 5.19. The van der Waals surface area contributed by atoms with Gasteiger partial charge in [-0.15, -0.1) is 0 Å². The number of methoxy groups -OCH3 is 1. The Bertz CT molecular complexity index is 912. The number of hydrogen-bond donors (Lipinski definition) is 0. The van der Waals surface area contributed by atoms with E-state index in [4.69, 9.17) is 9.47 Å². The van der Waals surface area contributed by atoms with E-state index >= 15 is 0 Å². The van der Waals surface area contributed by atoms with Gasteiger partial charge in [0.05, 0.1) is 18.6 Å². The van der Waals surface area contributed by atoms with Crippen molar-refractivity contribution in [2.45, 2.75) is 69.4 Å². The predicted molar refractivity (Wildman–Crippen MR) is 154 cm³/mol. The van der Waals surface area contributed by atoms with Crippen LogP contribution in [0, 0.1) is 19.8 Å². The van der Waals surface area contributed by atoms with E-state index in [-0.39, 0.29) is 12.5 Å². The predicted octanol–water partition coefficient (Wildman–Crippen LogP) is 3.33. The third-order valence-electron chi connectivity index (χ3n) is 8.35. The minimum Gasteiger partial charge on any atom is -0.497 e. The molecule has 1 aliphatic carbocycles. The normalized spacial score (nSPS) is 23.6. The smallest absolute Gasteiger partial charge is 0.248 e. The van der Waals surface area contributed by atoms with Crippen molar-refractivity contribution in [2.24, 2.45) is 5.92 Å². The maximum absolute atomic E-state index is 13.1. The molecule has 1 aromatic carbocycles.